The van der Waals surface area contributed by atoms with Crippen molar-refractivity contribution < 1.29 is 0 Å². The van der Waals surface area contributed by atoms with Crippen LogP contribution >= 0.6 is 0 Å². The molecule has 0 radical (unpaired) electrons. The normalized spacial score (nSPS) is 16.3. The van der Waals surface area contributed by atoms with Crippen molar-refractivity contribution in [3.63, 3.8) is 0 Å². The number of nitrogens with two attached hydrogens (primary N) is 2. The zero-order valence-corrected chi connectivity index (χ0v) is 11.3. The van der Waals surface area contributed by atoms with Crippen molar-refractivity contribution in [2.75, 3.05) is 13.1 Å². The van der Waals surface area contributed by atoms with Crippen LogP contribution in [0.3, 0.4) is 0 Å². The number of likely N-dealkylation sites (tertiary alicyclic amines) is 1. The van der Waals surface area contributed by atoms with Gasteiger partial charge in [0, 0.05) is 13.1 Å². The Hall–Kier alpha value is -2.04. The Morgan fingerprint density at radius 2 is 1.68 bits per heavy atom. The summed E-state index contributed by atoms with van der Waals surface area (Å²) in [6.45, 7) is 3.97. The van der Waals surface area contributed by atoms with Gasteiger partial charge in [0.15, 0.2) is 5.96 Å². The first-order valence-electron chi connectivity index (χ1n) is 6.65. The Morgan fingerprint density at radius 3 is 2.26 bits per heavy atom. The lowest BCUT2D eigenvalue weighted by Crippen LogP contribution is -2.37. The van der Waals surface area contributed by atoms with E-state index in [9.17, 15) is 0 Å². The van der Waals surface area contributed by atoms with Crippen molar-refractivity contribution in [3.8, 4) is 0 Å². The lowest BCUT2D eigenvalue weighted by atomic mass is 10.1. The Morgan fingerprint density at radius 1 is 1.05 bits per heavy atom. The molecule has 1 aromatic carbocycles. The van der Waals surface area contributed by atoms with Crippen LogP contribution in [-0.4, -0.2) is 29.9 Å². The minimum absolute atomic E-state index is 0.0523. The van der Waals surface area contributed by atoms with Gasteiger partial charge in [0.1, 0.15) is 0 Å². The molecule has 2 rings (SSSR count). The molecule has 0 saturated carbocycles. The molecule has 1 saturated heterocycles. The molecule has 19 heavy (non-hydrogen) atoms. The van der Waals surface area contributed by atoms with E-state index < -0.39 is 0 Å². The standard InChI is InChI=1S/C14H21N5/c1-11-5-7-12(8-6-11)17-14(18-13(15)16)19-9-3-2-4-10-19/h5-8H,2-4,9-10H2,1H3,(H4,15,16,17,18). The first-order chi connectivity index (χ1) is 9.15. The van der Waals surface area contributed by atoms with Crippen LogP contribution in [-0.2, 0) is 0 Å². The zero-order chi connectivity index (χ0) is 13.7. The lowest BCUT2D eigenvalue weighted by molar-refractivity contribution is 0.339. The number of hydrogen-bond donors (Lipinski definition) is 2. The summed E-state index contributed by atoms with van der Waals surface area (Å²) in [5, 5.41) is 0. The van der Waals surface area contributed by atoms with Crippen LogP contribution in [0.1, 0.15) is 24.8 Å². The summed E-state index contributed by atoms with van der Waals surface area (Å²) < 4.78 is 0. The highest BCUT2D eigenvalue weighted by Gasteiger charge is 2.14. The quantitative estimate of drug-likeness (QED) is 0.595. The van der Waals surface area contributed by atoms with E-state index in [1.807, 2.05) is 24.3 Å². The van der Waals surface area contributed by atoms with E-state index in [0.717, 1.165) is 31.6 Å². The molecular formula is C14H21N5. The summed E-state index contributed by atoms with van der Waals surface area (Å²) in [5.74, 6) is 0.667. The molecule has 1 aliphatic heterocycles. The molecule has 1 fully saturated rings. The van der Waals surface area contributed by atoms with Gasteiger partial charge >= 0.3 is 0 Å². The third-order valence-corrected chi connectivity index (χ3v) is 3.13. The average Bonchev–Trinajstić information content (AvgIpc) is 2.41. The number of nitrogens with zero attached hydrogens (tertiary/aromatic N) is 3. The molecule has 102 valence electrons. The second kappa shape index (κ2) is 6.22. The van der Waals surface area contributed by atoms with Gasteiger partial charge in [0.25, 0.3) is 0 Å². The Kier molecular flexibility index (Phi) is 4.39. The van der Waals surface area contributed by atoms with Gasteiger partial charge in [-0.1, -0.05) is 17.7 Å². The molecule has 0 atom stereocenters. The van der Waals surface area contributed by atoms with Crippen LogP contribution in [0.4, 0.5) is 5.69 Å². The van der Waals surface area contributed by atoms with Crippen molar-refractivity contribution in [3.05, 3.63) is 29.8 Å². The minimum atomic E-state index is 0.0523. The van der Waals surface area contributed by atoms with E-state index in [2.05, 4.69) is 21.8 Å². The van der Waals surface area contributed by atoms with E-state index in [-0.39, 0.29) is 5.96 Å². The lowest BCUT2D eigenvalue weighted by Gasteiger charge is -2.27. The van der Waals surface area contributed by atoms with Gasteiger partial charge < -0.3 is 16.4 Å². The fourth-order valence-corrected chi connectivity index (χ4v) is 2.11. The molecule has 5 heteroatoms. The molecule has 1 aliphatic rings. The molecule has 0 spiro atoms. The zero-order valence-electron chi connectivity index (χ0n) is 11.3. The summed E-state index contributed by atoms with van der Waals surface area (Å²) in [6, 6.07) is 8.01. The van der Waals surface area contributed by atoms with E-state index in [1.54, 1.807) is 0 Å². The monoisotopic (exact) mass is 259 g/mol. The Balaban J connectivity index is 2.25. The number of rotatable bonds is 1. The summed E-state index contributed by atoms with van der Waals surface area (Å²) >= 11 is 0. The first-order valence-corrected chi connectivity index (χ1v) is 6.65. The van der Waals surface area contributed by atoms with E-state index >= 15 is 0 Å². The largest absolute Gasteiger partial charge is 0.370 e. The highest BCUT2D eigenvalue weighted by atomic mass is 15.3. The second-order valence-corrected chi connectivity index (χ2v) is 4.83. The summed E-state index contributed by atoms with van der Waals surface area (Å²) in [5.41, 5.74) is 13.1. The van der Waals surface area contributed by atoms with Crippen LogP contribution in [0, 0.1) is 6.92 Å². The van der Waals surface area contributed by atoms with E-state index in [0.29, 0.717) is 5.96 Å². The van der Waals surface area contributed by atoms with Crippen LogP contribution < -0.4 is 11.5 Å². The minimum Gasteiger partial charge on any atom is -0.370 e. The predicted molar refractivity (Wildman–Crippen MR) is 79.5 cm³/mol. The maximum absolute atomic E-state index is 5.50. The summed E-state index contributed by atoms with van der Waals surface area (Å²) in [7, 11) is 0. The van der Waals surface area contributed by atoms with Crippen molar-refractivity contribution in [1.29, 1.82) is 0 Å². The van der Waals surface area contributed by atoms with Gasteiger partial charge in [-0.25, -0.2) is 4.99 Å². The molecule has 0 amide bonds. The number of hydrogen-bond acceptors (Lipinski definition) is 1. The second-order valence-electron chi connectivity index (χ2n) is 4.83. The smallest absolute Gasteiger partial charge is 0.229 e. The molecule has 0 aliphatic carbocycles. The number of aliphatic imine (C=N–C) groups is 2. The van der Waals surface area contributed by atoms with Crippen molar-refractivity contribution >= 4 is 17.6 Å². The SMILES string of the molecule is Cc1ccc(N=C(N=C(N)N)N2CCCCC2)cc1. The van der Waals surface area contributed by atoms with E-state index in [4.69, 9.17) is 11.5 Å². The highest BCUT2D eigenvalue weighted by Crippen LogP contribution is 2.16. The van der Waals surface area contributed by atoms with Gasteiger partial charge in [0.05, 0.1) is 5.69 Å². The van der Waals surface area contributed by atoms with Crippen LogP contribution in [0.25, 0.3) is 0 Å². The molecule has 0 unspecified atom stereocenters. The van der Waals surface area contributed by atoms with Crippen LogP contribution in [0.5, 0.6) is 0 Å². The number of piperidine rings is 1. The fourth-order valence-electron chi connectivity index (χ4n) is 2.11. The van der Waals surface area contributed by atoms with Crippen LogP contribution in [0.2, 0.25) is 0 Å². The topological polar surface area (TPSA) is 80.0 Å². The number of aryl methyl sites for hydroxylation is 1. The summed E-state index contributed by atoms with van der Waals surface area (Å²) in [4.78, 5) is 10.9. The van der Waals surface area contributed by atoms with Crippen molar-refractivity contribution in [2.45, 2.75) is 26.2 Å². The average molecular weight is 259 g/mol. The predicted octanol–water partition coefficient (Wildman–Crippen LogP) is 1.74. The molecular weight excluding hydrogens is 238 g/mol. The van der Waals surface area contributed by atoms with Gasteiger partial charge in [-0.15, -0.1) is 0 Å². The molecule has 5 nitrogen and oxygen atoms in total. The third-order valence-electron chi connectivity index (χ3n) is 3.13. The third kappa shape index (κ3) is 3.98. The van der Waals surface area contributed by atoms with Crippen molar-refractivity contribution in [2.24, 2.45) is 21.5 Å². The highest BCUT2D eigenvalue weighted by molar-refractivity contribution is 5.94. The van der Waals surface area contributed by atoms with Crippen molar-refractivity contribution in [1.82, 2.24) is 4.90 Å². The Labute approximate surface area is 114 Å². The van der Waals surface area contributed by atoms with Gasteiger partial charge in [-0.3, -0.25) is 0 Å². The maximum atomic E-state index is 5.50. The van der Waals surface area contributed by atoms with Crippen LogP contribution in [0.15, 0.2) is 34.3 Å². The number of benzene rings is 1. The van der Waals surface area contributed by atoms with Gasteiger partial charge in [-0.05, 0) is 38.3 Å². The molecule has 0 bridgehead atoms. The molecule has 4 N–H and O–H groups in total. The van der Waals surface area contributed by atoms with Gasteiger partial charge in [-0.2, -0.15) is 4.99 Å². The Bertz CT molecular complexity index is 465. The fraction of sp³-hybridized carbons (Fsp3) is 0.429. The van der Waals surface area contributed by atoms with E-state index in [1.165, 1.54) is 12.0 Å². The first kappa shape index (κ1) is 13.4. The maximum Gasteiger partial charge on any atom is 0.229 e. The molecule has 1 heterocycles. The van der Waals surface area contributed by atoms with Gasteiger partial charge in [0.2, 0.25) is 5.96 Å². The summed E-state index contributed by atoms with van der Waals surface area (Å²) in [6.07, 6.45) is 3.58. The molecule has 1 aromatic rings. The molecule has 0 aromatic heterocycles. The number of guanidine groups is 2.